The van der Waals surface area contributed by atoms with Crippen LogP contribution < -0.4 is 5.32 Å². The van der Waals surface area contributed by atoms with Crippen molar-refractivity contribution < 1.29 is 28.7 Å². The van der Waals surface area contributed by atoms with Gasteiger partial charge < -0.3 is 14.4 Å². The van der Waals surface area contributed by atoms with E-state index in [1.807, 2.05) is 11.4 Å². The Kier molecular flexibility index (Phi) is 7.64. The molecule has 0 atom stereocenters. The van der Waals surface area contributed by atoms with Crippen LogP contribution in [0.2, 0.25) is 0 Å². The van der Waals surface area contributed by atoms with Gasteiger partial charge in [0.15, 0.2) is 6.61 Å². The summed E-state index contributed by atoms with van der Waals surface area (Å²) in [5, 5.41) is 2.63. The van der Waals surface area contributed by atoms with Gasteiger partial charge in [0.25, 0.3) is 5.91 Å². The van der Waals surface area contributed by atoms with E-state index in [4.69, 9.17) is 4.74 Å². The van der Waals surface area contributed by atoms with E-state index < -0.39 is 30.5 Å². The van der Waals surface area contributed by atoms with E-state index in [9.17, 15) is 19.2 Å². The number of para-hydroxylation sites is 1. The van der Waals surface area contributed by atoms with Gasteiger partial charge in [-0.2, -0.15) is 0 Å². The van der Waals surface area contributed by atoms with E-state index in [-0.39, 0.29) is 19.7 Å². The molecule has 154 valence electrons. The normalized spacial score (nSPS) is 10.3. The second-order valence-corrected chi connectivity index (χ2v) is 6.08. The number of benzene rings is 1. The number of fused-ring (bicyclic) bond motifs is 1. The van der Waals surface area contributed by atoms with E-state index in [1.54, 1.807) is 45.0 Å². The monoisotopic (exact) mass is 401 g/mol. The maximum Gasteiger partial charge on any atom is 0.413 e. The minimum Gasteiger partial charge on any atom is -0.452 e. The number of aromatic nitrogens is 1. The predicted octanol–water partition coefficient (Wildman–Crippen LogP) is 1.82. The summed E-state index contributed by atoms with van der Waals surface area (Å²) in [7, 11) is 0. The molecule has 2 aromatic rings. The fourth-order valence-electron chi connectivity index (χ4n) is 2.64. The lowest BCUT2D eigenvalue weighted by atomic mass is 10.1. The van der Waals surface area contributed by atoms with Crippen LogP contribution in [0.5, 0.6) is 0 Å². The van der Waals surface area contributed by atoms with Crippen molar-refractivity contribution in [3.8, 4) is 0 Å². The van der Waals surface area contributed by atoms with Crippen LogP contribution in [0.3, 0.4) is 0 Å². The van der Waals surface area contributed by atoms with E-state index in [2.05, 4.69) is 9.72 Å². The molecule has 0 saturated heterocycles. The SMILES string of the molecule is CCOC(=O)NC(=O)CN(CC)C(=O)COC(=O)c1cc(C)nc2ccccc12. The van der Waals surface area contributed by atoms with Gasteiger partial charge in [0.05, 0.1) is 17.7 Å². The van der Waals surface area contributed by atoms with Gasteiger partial charge in [-0.05, 0) is 32.9 Å². The number of hydrogen-bond acceptors (Lipinski definition) is 7. The molecule has 0 spiro atoms. The number of ether oxygens (including phenoxy) is 2. The Morgan fingerprint density at radius 2 is 1.83 bits per heavy atom. The minimum atomic E-state index is -0.882. The summed E-state index contributed by atoms with van der Waals surface area (Å²) in [5.74, 6) is -1.91. The summed E-state index contributed by atoms with van der Waals surface area (Å²) in [6.07, 6.45) is -0.882. The Balaban J connectivity index is 1.99. The summed E-state index contributed by atoms with van der Waals surface area (Å²) in [6, 6.07) is 8.72. The topological polar surface area (TPSA) is 115 Å². The number of imide groups is 1. The van der Waals surface area contributed by atoms with E-state index in [1.165, 1.54) is 0 Å². The lowest BCUT2D eigenvalue weighted by Gasteiger charge is -2.20. The van der Waals surface area contributed by atoms with Crippen molar-refractivity contribution in [3.63, 3.8) is 0 Å². The van der Waals surface area contributed by atoms with Crippen LogP contribution in [0, 0.1) is 6.92 Å². The molecule has 0 saturated carbocycles. The maximum atomic E-state index is 12.5. The molecule has 1 aromatic carbocycles. The highest BCUT2D eigenvalue weighted by atomic mass is 16.5. The van der Waals surface area contributed by atoms with Crippen LogP contribution in [-0.4, -0.2) is 60.1 Å². The number of hydrogen-bond donors (Lipinski definition) is 1. The Morgan fingerprint density at radius 3 is 2.52 bits per heavy atom. The van der Waals surface area contributed by atoms with Gasteiger partial charge in [-0.3, -0.25) is 19.9 Å². The molecule has 9 heteroatoms. The number of pyridine rings is 1. The standard InChI is InChI=1S/C20H23N3O6/c1-4-23(11-17(24)22-20(27)28-5-2)18(25)12-29-19(26)15-10-13(3)21-16-9-7-6-8-14(15)16/h6-10H,4-5,11-12H2,1-3H3,(H,22,24,27). The Labute approximate surface area is 168 Å². The van der Waals surface area contributed by atoms with Crippen molar-refractivity contribution in [3.05, 3.63) is 41.6 Å². The molecule has 0 aliphatic rings. The first-order valence-electron chi connectivity index (χ1n) is 9.13. The van der Waals surface area contributed by atoms with Crippen molar-refractivity contribution >= 4 is 34.8 Å². The molecule has 1 N–H and O–H groups in total. The van der Waals surface area contributed by atoms with Gasteiger partial charge >= 0.3 is 12.1 Å². The molecule has 1 heterocycles. The molecule has 0 bridgehead atoms. The lowest BCUT2D eigenvalue weighted by Crippen LogP contribution is -2.44. The molecule has 1 aromatic heterocycles. The van der Waals surface area contributed by atoms with Crippen LogP contribution in [0.4, 0.5) is 4.79 Å². The average Bonchev–Trinajstić information content (AvgIpc) is 2.69. The summed E-state index contributed by atoms with van der Waals surface area (Å²) in [5.41, 5.74) is 1.60. The minimum absolute atomic E-state index is 0.120. The van der Waals surface area contributed by atoms with Crippen LogP contribution in [-0.2, 0) is 19.1 Å². The number of likely N-dealkylation sites (N-methyl/N-ethyl adjacent to an activating group) is 1. The van der Waals surface area contributed by atoms with Crippen molar-refractivity contribution in [1.29, 1.82) is 0 Å². The zero-order valence-corrected chi connectivity index (χ0v) is 16.6. The van der Waals surface area contributed by atoms with Crippen LogP contribution in [0.1, 0.15) is 29.9 Å². The Morgan fingerprint density at radius 1 is 1.10 bits per heavy atom. The first kappa shape index (κ1) is 21.8. The third-order valence-electron chi connectivity index (χ3n) is 3.98. The fraction of sp³-hybridized carbons (Fsp3) is 0.350. The number of alkyl carbamates (subject to hydrolysis) is 1. The third kappa shape index (κ3) is 6.00. The highest BCUT2D eigenvalue weighted by Crippen LogP contribution is 2.19. The Hall–Kier alpha value is -3.49. The summed E-state index contributed by atoms with van der Waals surface area (Å²) < 4.78 is 9.77. The summed E-state index contributed by atoms with van der Waals surface area (Å²) in [6.45, 7) is 4.46. The van der Waals surface area contributed by atoms with Crippen molar-refractivity contribution in [2.45, 2.75) is 20.8 Å². The molecule has 3 amide bonds. The summed E-state index contributed by atoms with van der Waals surface area (Å²) in [4.78, 5) is 53.4. The number of carbonyl (C=O) groups is 4. The predicted molar refractivity (Wildman–Crippen MR) is 104 cm³/mol. The van der Waals surface area contributed by atoms with E-state index >= 15 is 0 Å². The first-order chi connectivity index (χ1) is 13.8. The highest BCUT2D eigenvalue weighted by molar-refractivity contribution is 6.04. The number of carbonyl (C=O) groups excluding carboxylic acids is 4. The highest BCUT2D eigenvalue weighted by Gasteiger charge is 2.20. The second kappa shape index (κ2) is 10.2. The fourth-order valence-corrected chi connectivity index (χ4v) is 2.64. The van der Waals surface area contributed by atoms with Gasteiger partial charge in [0, 0.05) is 17.6 Å². The van der Waals surface area contributed by atoms with Crippen molar-refractivity contribution in [1.82, 2.24) is 15.2 Å². The van der Waals surface area contributed by atoms with Crippen molar-refractivity contribution in [2.75, 3.05) is 26.3 Å². The molecule has 0 aliphatic heterocycles. The molecule has 0 aliphatic carbocycles. The number of nitrogens with one attached hydrogen (secondary N) is 1. The molecule has 2 rings (SSSR count). The largest absolute Gasteiger partial charge is 0.452 e. The molecule has 9 nitrogen and oxygen atoms in total. The lowest BCUT2D eigenvalue weighted by molar-refractivity contribution is -0.138. The Bertz CT molecular complexity index is 928. The van der Waals surface area contributed by atoms with E-state index in [0.717, 1.165) is 4.90 Å². The number of nitrogens with zero attached hydrogens (tertiary/aromatic N) is 2. The van der Waals surface area contributed by atoms with Crippen molar-refractivity contribution in [2.24, 2.45) is 0 Å². The van der Waals surface area contributed by atoms with Gasteiger partial charge in [-0.1, -0.05) is 18.2 Å². The quantitative estimate of drug-likeness (QED) is 0.704. The smallest absolute Gasteiger partial charge is 0.413 e. The molecule has 0 fully saturated rings. The molecule has 0 unspecified atom stereocenters. The molecule has 0 radical (unpaired) electrons. The summed E-state index contributed by atoms with van der Waals surface area (Å²) >= 11 is 0. The van der Waals surface area contributed by atoms with Crippen LogP contribution in [0.15, 0.2) is 30.3 Å². The average molecular weight is 401 g/mol. The van der Waals surface area contributed by atoms with Gasteiger partial charge in [-0.25, -0.2) is 9.59 Å². The number of amides is 3. The third-order valence-corrected chi connectivity index (χ3v) is 3.98. The maximum absolute atomic E-state index is 12.5. The van der Waals surface area contributed by atoms with Gasteiger partial charge in [0.2, 0.25) is 5.91 Å². The van der Waals surface area contributed by atoms with Gasteiger partial charge in [-0.15, -0.1) is 0 Å². The van der Waals surface area contributed by atoms with E-state index in [0.29, 0.717) is 22.2 Å². The molecule has 29 heavy (non-hydrogen) atoms. The molecular weight excluding hydrogens is 378 g/mol. The number of rotatable bonds is 7. The zero-order chi connectivity index (χ0) is 21.4. The van der Waals surface area contributed by atoms with Crippen LogP contribution in [0.25, 0.3) is 10.9 Å². The number of aryl methyl sites for hydroxylation is 1. The zero-order valence-electron chi connectivity index (χ0n) is 16.6. The van der Waals surface area contributed by atoms with Crippen LogP contribution >= 0.6 is 0 Å². The molecular formula is C20H23N3O6. The first-order valence-corrected chi connectivity index (χ1v) is 9.13. The number of esters is 1. The van der Waals surface area contributed by atoms with Gasteiger partial charge in [0.1, 0.15) is 6.54 Å². The second-order valence-electron chi connectivity index (χ2n) is 6.08.